The summed E-state index contributed by atoms with van der Waals surface area (Å²) in [5, 5.41) is 5.38. The van der Waals surface area contributed by atoms with Crippen LogP contribution >= 0.6 is 11.6 Å². The summed E-state index contributed by atoms with van der Waals surface area (Å²) < 4.78 is 0. The minimum absolute atomic E-state index is 0.0100. The number of halogens is 1. The molecule has 2 amide bonds. The Kier molecular flexibility index (Phi) is 6.97. The van der Waals surface area contributed by atoms with Gasteiger partial charge < -0.3 is 10.6 Å². The second kappa shape index (κ2) is 8.53. The lowest BCUT2D eigenvalue weighted by Gasteiger charge is -2.06. The number of likely N-dealkylation sites (N-methyl/N-ethyl adjacent to an activating group) is 1. The van der Waals surface area contributed by atoms with Crippen molar-refractivity contribution in [3.63, 3.8) is 0 Å². The first kappa shape index (κ1) is 15.5. The van der Waals surface area contributed by atoms with E-state index in [1.807, 2.05) is 12.1 Å². The fourth-order valence-electron chi connectivity index (χ4n) is 1.58. The fourth-order valence-corrected chi connectivity index (χ4v) is 1.77. The van der Waals surface area contributed by atoms with Crippen molar-refractivity contribution in [3.05, 3.63) is 29.8 Å². The number of amides is 2. The molecule has 104 valence electrons. The molecule has 0 fully saturated rings. The third-order valence-corrected chi connectivity index (χ3v) is 2.94. The van der Waals surface area contributed by atoms with Crippen LogP contribution in [0.2, 0.25) is 0 Å². The Morgan fingerprint density at radius 3 is 2.37 bits per heavy atom. The third-order valence-electron chi connectivity index (χ3n) is 2.67. The summed E-state index contributed by atoms with van der Waals surface area (Å²) in [7, 11) is 1.61. The molecule has 2 N–H and O–H groups in total. The molecule has 0 heterocycles. The van der Waals surface area contributed by atoms with Gasteiger partial charge in [-0.25, -0.2) is 0 Å². The second-order valence-electron chi connectivity index (χ2n) is 4.24. The van der Waals surface area contributed by atoms with E-state index in [1.54, 1.807) is 19.2 Å². The molecule has 0 radical (unpaired) electrons. The van der Waals surface area contributed by atoms with Crippen molar-refractivity contribution < 1.29 is 9.59 Å². The van der Waals surface area contributed by atoms with Crippen LogP contribution in [0.4, 0.5) is 5.69 Å². The van der Waals surface area contributed by atoms with E-state index in [0.717, 1.165) is 24.1 Å². The molecular weight excluding hydrogens is 264 g/mol. The van der Waals surface area contributed by atoms with Crippen molar-refractivity contribution in [3.8, 4) is 0 Å². The molecule has 0 spiro atoms. The number of hydrogen-bond donors (Lipinski definition) is 2. The Bertz CT molecular complexity index is 418. The largest absolute Gasteiger partial charge is 0.359 e. The first-order valence-electron chi connectivity index (χ1n) is 6.31. The predicted octanol–water partition coefficient (Wildman–Crippen LogP) is 2.32. The fraction of sp³-hybridized carbons (Fsp3) is 0.429. The zero-order chi connectivity index (χ0) is 14.1. The van der Waals surface area contributed by atoms with Gasteiger partial charge in [-0.2, -0.15) is 0 Å². The van der Waals surface area contributed by atoms with Gasteiger partial charge in [0, 0.05) is 25.0 Å². The van der Waals surface area contributed by atoms with Crippen LogP contribution in [-0.4, -0.2) is 24.7 Å². The van der Waals surface area contributed by atoms with E-state index >= 15 is 0 Å². The smallest absolute Gasteiger partial charge is 0.224 e. The molecule has 0 saturated heterocycles. The molecule has 0 aliphatic heterocycles. The lowest BCUT2D eigenvalue weighted by Crippen LogP contribution is -2.19. The van der Waals surface area contributed by atoms with E-state index < -0.39 is 0 Å². The number of carbonyl (C=O) groups excluding carboxylic acids is 2. The average Bonchev–Trinajstić information content (AvgIpc) is 2.41. The van der Waals surface area contributed by atoms with Gasteiger partial charge in [-0.05, 0) is 30.5 Å². The van der Waals surface area contributed by atoms with Crippen LogP contribution in [0.25, 0.3) is 0 Å². The molecule has 1 rings (SSSR count). The highest BCUT2D eigenvalue weighted by molar-refractivity contribution is 6.17. The summed E-state index contributed by atoms with van der Waals surface area (Å²) in [6.07, 6.45) is 2.47. The Labute approximate surface area is 118 Å². The lowest BCUT2D eigenvalue weighted by atomic mass is 10.1. The molecule has 0 aliphatic carbocycles. The van der Waals surface area contributed by atoms with Crippen molar-refractivity contribution >= 4 is 29.1 Å². The Morgan fingerprint density at radius 2 is 1.79 bits per heavy atom. The van der Waals surface area contributed by atoms with Gasteiger partial charge in [0.2, 0.25) is 11.8 Å². The Balaban J connectivity index is 2.43. The van der Waals surface area contributed by atoms with E-state index in [0.29, 0.717) is 18.7 Å². The Hall–Kier alpha value is -1.55. The zero-order valence-electron chi connectivity index (χ0n) is 11.0. The van der Waals surface area contributed by atoms with Gasteiger partial charge in [-0.15, -0.1) is 11.6 Å². The second-order valence-corrected chi connectivity index (χ2v) is 4.62. The summed E-state index contributed by atoms with van der Waals surface area (Å²) in [4.78, 5) is 22.8. The molecule has 0 aromatic heterocycles. The minimum atomic E-state index is -0.0298. The normalized spacial score (nSPS) is 10.0. The van der Waals surface area contributed by atoms with Crippen molar-refractivity contribution in [1.82, 2.24) is 5.32 Å². The quantitative estimate of drug-likeness (QED) is 0.596. The molecule has 0 aliphatic rings. The topological polar surface area (TPSA) is 58.2 Å². The zero-order valence-corrected chi connectivity index (χ0v) is 11.8. The van der Waals surface area contributed by atoms with Gasteiger partial charge in [0.15, 0.2) is 0 Å². The predicted molar refractivity (Wildman–Crippen MR) is 77.4 cm³/mol. The SMILES string of the molecule is CNC(=O)Cc1ccc(NC(=O)CCCCCl)cc1. The van der Waals surface area contributed by atoms with Crippen LogP contribution in [0.3, 0.4) is 0 Å². The number of unbranched alkanes of at least 4 members (excludes halogenated alkanes) is 1. The molecule has 4 nitrogen and oxygen atoms in total. The van der Waals surface area contributed by atoms with Crippen LogP contribution in [0.15, 0.2) is 24.3 Å². The molecule has 0 atom stereocenters. The van der Waals surface area contributed by atoms with E-state index in [4.69, 9.17) is 11.6 Å². The molecule has 0 unspecified atom stereocenters. The molecular formula is C14H19ClN2O2. The summed E-state index contributed by atoms with van der Waals surface area (Å²) in [5.41, 5.74) is 1.66. The van der Waals surface area contributed by atoms with Crippen LogP contribution in [-0.2, 0) is 16.0 Å². The first-order valence-corrected chi connectivity index (χ1v) is 6.84. The maximum Gasteiger partial charge on any atom is 0.224 e. The minimum Gasteiger partial charge on any atom is -0.359 e. The standard InChI is InChI=1S/C14H19ClN2O2/c1-16-14(19)10-11-5-7-12(8-6-11)17-13(18)4-2-3-9-15/h5-8H,2-4,9-10H2,1H3,(H,16,19)(H,17,18). The third kappa shape index (κ3) is 6.25. The number of hydrogen-bond acceptors (Lipinski definition) is 2. The van der Waals surface area contributed by atoms with Gasteiger partial charge in [0.05, 0.1) is 6.42 Å². The van der Waals surface area contributed by atoms with Gasteiger partial charge in [-0.1, -0.05) is 12.1 Å². The number of carbonyl (C=O) groups is 2. The number of anilines is 1. The van der Waals surface area contributed by atoms with Crippen LogP contribution in [0.1, 0.15) is 24.8 Å². The summed E-state index contributed by atoms with van der Waals surface area (Å²) in [5.74, 6) is 0.545. The van der Waals surface area contributed by atoms with Crippen molar-refractivity contribution in [1.29, 1.82) is 0 Å². The highest BCUT2D eigenvalue weighted by atomic mass is 35.5. The van der Waals surface area contributed by atoms with E-state index in [-0.39, 0.29) is 11.8 Å². The van der Waals surface area contributed by atoms with Gasteiger partial charge in [0.25, 0.3) is 0 Å². The first-order chi connectivity index (χ1) is 9.15. The van der Waals surface area contributed by atoms with Crippen molar-refractivity contribution in [2.45, 2.75) is 25.7 Å². The molecule has 0 bridgehead atoms. The maximum atomic E-state index is 11.6. The average molecular weight is 283 g/mol. The number of alkyl halides is 1. The molecule has 1 aromatic rings. The number of rotatable bonds is 7. The summed E-state index contributed by atoms with van der Waals surface area (Å²) >= 11 is 5.55. The van der Waals surface area contributed by atoms with E-state index in [9.17, 15) is 9.59 Å². The van der Waals surface area contributed by atoms with Gasteiger partial charge in [-0.3, -0.25) is 9.59 Å². The lowest BCUT2D eigenvalue weighted by molar-refractivity contribution is -0.120. The summed E-state index contributed by atoms with van der Waals surface area (Å²) in [6.45, 7) is 0. The van der Waals surface area contributed by atoms with Crippen LogP contribution < -0.4 is 10.6 Å². The Morgan fingerprint density at radius 1 is 1.11 bits per heavy atom. The van der Waals surface area contributed by atoms with Crippen molar-refractivity contribution in [2.24, 2.45) is 0 Å². The van der Waals surface area contributed by atoms with Crippen molar-refractivity contribution in [2.75, 3.05) is 18.2 Å². The number of nitrogens with one attached hydrogen (secondary N) is 2. The van der Waals surface area contributed by atoms with Crippen LogP contribution in [0.5, 0.6) is 0 Å². The van der Waals surface area contributed by atoms with Crippen LogP contribution in [0, 0.1) is 0 Å². The maximum absolute atomic E-state index is 11.6. The molecule has 5 heteroatoms. The molecule has 0 saturated carbocycles. The highest BCUT2D eigenvalue weighted by Crippen LogP contribution is 2.11. The summed E-state index contributed by atoms with van der Waals surface area (Å²) in [6, 6.07) is 7.28. The van der Waals surface area contributed by atoms with E-state index in [1.165, 1.54) is 0 Å². The number of benzene rings is 1. The molecule has 1 aromatic carbocycles. The monoisotopic (exact) mass is 282 g/mol. The highest BCUT2D eigenvalue weighted by Gasteiger charge is 2.03. The molecule has 19 heavy (non-hydrogen) atoms. The van der Waals surface area contributed by atoms with E-state index in [2.05, 4.69) is 10.6 Å². The van der Waals surface area contributed by atoms with Gasteiger partial charge >= 0.3 is 0 Å². The van der Waals surface area contributed by atoms with Gasteiger partial charge in [0.1, 0.15) is 0 Å².